The van der Waals surface area contributed by atoms with E-state index in [4.69, 9.17) is 9.15 Å². The van der Waals surface area contributed by atoms with E-state index >= 15 is 0 Å². The molecule has 1 amide bonds. The number of fused-ring (bicyclic) bond motifs is 1. The van der Waals surface area contributed by atoms with Gasteiger partial charge >= 0.3 is 0 Å². The number of ether oxygens (including phenoxy) is 1. The molecule has 2 aromatic carbocycles. The number of aliphatic hydroxyl groups is 1. The molecule has 1 fully saturated rings. The highest BCUT2D eigenvalue weighted by Crippen LogP contribution is 2.42. The molecular formula is C24H19NO5. The predicted octanol–water partition coefficient (Wildman–Crippen LogP) is 4.23. The number of furan rings is 1. The summed E-state index contributed by atoms with van der Waals surface area (Å²) < 4.78 is 11.3. The highest BCUT2D eigenvalue weighted by molar-refractivity contribution is 6.51. The average molecular weight is 401 g/mol. The van der Waals surface area contributed by atoms with Gasteiger partial charge in [0.15, 0.2) is 0 Å². The number of nitrogens with zero attached hydrogens (tertiary/aromatic N) is 1. The second-order valence-corrected chi connectivity index (χ2v) is 7.48. The van der Waals surface area contributed by atoms with Crippen molar-refractivity contribution < 1.29 is 23.8 Å². The van der Waals surface area contributed by atoms with Crippen LogP contribution in [0.4, 0.5) is 5.69 Å². The van der Waals surface area contributed by atoms with Crippen LogP contribution in [-0.2, 0) is 16.0 Å². The highest BCUT2D eigenvalue weighted by Gasteiger charge is 2.48. The van der Waals surface area contributed by atoms with Gasteiger partial charge in [-0.3, -0.25) is 14.5 Å². The molecular weight excluding hydrogens is 382 g/mol. The van der Waals surface area contributed by atoms with Gasteiger partial charge in [0.2, 0.25) is 0 Å². The van der Waals surface area contributed by atoms with Crippen molar-refractivity contribution in [1.29, 1.82) is 0 Å². The van der Waals surface area contributed by atoms with Crippen LogP contribution in [0.5, 0.6) is 5.75 Å². The number of ketones is 1. The molecule has 6 nitrogen and oxygen atoms in total. The molecule has 3 heterocycles. The van der Waals surface area contributed by atoms with Crippen LogP contribution in [0.1, 0.15) is 29.9 Å². The molecule has 0 spiro atoms. The lowest BCUT2D eigenvalue weighted by Gasteiger charge is -2.23. The van der Waals surface area contributed by atoms with E-state index in [0.717, 1.165) is 17.7 Å². The summed E-state index contributed by atoms with van der Waals surface area (Å²) in [4.78, 5) is 27.3. The molecule has 2 atom stereocenters. The fourth-order valence-electron chi connectivity index (χ4n) is 4.13. The van der Waals surface area contributed by atoms with Crippen molar-refractivity contribution in [1.82, 2.24) is 0 Å². The van der Waals surface area contributed by atoms with Gasteiger partial charge in [0, 0.05) is 17.7 Å². The summed E-state index contributed by atoms with van der Waals surface area (Å²) in [7, 11) is 0. The monoisotopic (exact) mass is 401 g/mol. The van der Waals surface area contributed by atoms with E-state index in [-0.39, 0.29) is 17.4 Å². The van der Waals surface area contributed by atoms with Crippen molar-refractivity contribution in [3.05, 3.63) is 89.4 Å². The molecule has 2 aliphatic heterocycles. The molecule has 1 N–H and O–H groups in total. The minimum atomic E-state index is -0.856. The number of amides is 1. The molecule has 3 aromatic rings. The summed E-state index contributed by atoms with van der Waals surface area (Å²) in [5, 5.41) is 11.1. The molecule has 5 rings (SSSR count). The normalized spacial score (nSPS) is 22.2. The zero-order valence-electron chi connectivity index (χ0n) is 16.2. The van der Waals surface area contributed by atoms with Gasteiger partial charge in [-0.1, -0.05) is 18.2 Å². The number of para-hydroxylation sites is 1. The Morgan fingerprint density at radius 1 is 1.07 bits per heavy atom. The first-order valence-corrected chi connectivity index (χ1v) is 9.74. The first kappa shape index (κ1) is 18.2. The SMILES string of the molecule is CC1Cc2cc(/C(O)=C3/C(=O)C(=O)N(c4ccccc4)C3c3ccco3)ccc2O1. The standard InChI is InChI=1S/C24H19NO5/c1-14-12-16-13-15(9-10-18(16)30-14)22(26)20-21(19-8-5-11-29-19)25(24(28)23(20)27)17-6-3-2-4-7-17/h2-11,13-14,21,26H,12H2,1H3/b22-20-. The van der Waals surface area contributed by atoms with Crippen LogP contribution in [0.3, 0.4) is 0 Å². The Morgan fingerprint density at radius 2 is 1.87 bits per heavy atom. The molecule has 150 valence electrons. The number of carbonyl (C=O) groups is 2. The van der Waals surface area contributed by atoms with E-state index in [9.17, 15) is 14.7 Å². The van der Waals surface area contributed by atoms with Crippen LogP contribution in [-0.4, -0.2) is 22.9 Å². The molecule has 1 aromatic heterocycles. The van der Waals surface area contributed by atoms with Gasteiger partial charge in [-0.15, -0.1) is 0 Å². The summed E-state index contributed by atoms with van der Waals surface area (Å²) >= 11 is 0. The Balaban J connectivity index is 1.67. The third-order valence-electron chi connectivity index (χ3n) is 5.46. The van der Waals surface area contributed by atoms with E-state index in [0.29, 0.717) is 17.0 Å². The van der Waals surface area contributed by atoms with Gasteiger partial charge in [0.1, 0.15) is 29.4 Å². The predicted molar refractivity (Wildman–Crippen MR) is 110 cm³/mol. The van der Waals surface area contributed by atoms with Gasteiger partial charge < -0.3 is 14.3 Å². The summed E-state index contributed by atoms with van der Waals surface area (Å²) in [6.07, 6.45) is 2.26. The molecule has 0 radical (unpaired) electrons. The average Bonchev–Trinajstić information content (AvgIpc) is 3.46. The first-order chi connectivity index (χ1) is 14.5. The summed E-state index contributed by atoms with van der Waals surface area (Å²) in [5.41, 5.74) is 1.98. The molecule has 0 bridgehead atoms. The number of anilines is 1. The van der Waals surface area contributed by atoms with E-state index in [1.54, 1.807) is 48.5 Å². The van der Waals surface area contributed by atoms with Crippen LogP contribution >= 0.6 is 0 Å². The highest BCUT2D eigenvalue weighted by atomic mass is 16.5. The molecule has 0 saturated carbocycles. The fourth-order valence-corrected chi connectivity index (χ4v) is 4.13. The Bertz CT molecular complexity index is 1160. The fraction of sp³-hybridized carbons (Fsp3) is 0.167. The number of hydrogen-bond donors (Lipinski definition) is 1. The van der Waals surface area contributed by atoms with Crippen molar-refractivity contribution in [2.45, 2.75) is 25.5 Å². The summed E-state index contributed by atoms with van der Waals surface area (Å²) in [5.74, 6) is -0.509. The van der Waals surface area contributed by atoms with E-state index in [1.807, 2.05) is 19.1 Å². The Kier molecular flexibility index (Phi) is 4.20. The van der Waals surface area contributed by atoms with Crippen molar-refractivity contribution in [3.63, 3.8) is 0 Å². The zero-order valence-corrected chi connectivity index (χ0v) is 16.2. The van der Waals surface area contributed by atoms with Crippen LogP contribution < -0.4 is 9.64 Å². The maximum atomic E-state index is 13.0. The maximum Gasteiger partial charge on any atom is 0.300 e. The molecule has 2 unspecified atom stereocenters. The van der Waals surface area contributed by atoms with Crippen LogP contribution in [0.15, 0.2) is 76.9 Å². The number of rotatable bonds is 3. The van der Waals surface area contributed by atoms with Crippen molar-refractivity contribution in [2.75, 3.05) is 4.90 Å². The minimum Gasteiger partial charge on any atom is -0.507 e. The maximum absolute atomic E-state index is 13.0. The van der Waals surface area contributed by atoms with Gasteiger partial charge in [-0.2, -0.15) is 0 Å². The van der Waals surface area contributed by atoms with Crippen LogP contribution in [0, 0.1) is 0 Å². The van der Waals surface area contributed by atoms with E-state index in [2.05, 4.69) is 0 Å². The smallest absolute Gasteiger partial charge is 0.300 e. The third-order valence-corrected chi connectivity index (χ3v) is 5.46. The third kappa shape index (κ3) is 2.80. The van der Waals surface area contributed by atoms with Crippen molar-refractivity contribution >= 4 is 23.1 Å². The number of aliphatic hydroxyl groups excluding tert-OH is 1. The topological polar surface area (TPSA) is 80.0 Å². The Morgan fingerprint density at radius 3 is 2.60 bits per heavy atom. The lowest BCUT2D eigenvalue weighted by molar-refractivity contribution is -0.132. The van der Waals surface area contributed by atoms with Crippen LogP contribution in [0.2, 0.25) is 0 Å². The van der Waals surface area contributed by atoms with Crippen molar-refractivity contribution in [2.24, 2.45) is 0 Å². The number of hydrogen-bond acceptors (Lipinski definition) is 5. The number of benzene rings is 2. The molecule has 0 aliphatic carbocycles. The molecule has 6 heteroatoms. The second-order valence-electron chi connectivity index (χ2n) is 7.48. The molecule has 1 saturated heterocycles. The summed E-state index contributed by atoms with van der Waals surface area (Å²) in [6, 6.07) is 16.7. The van der Waals surface area contributed by atoms with E-state index in [1.165, 1.54) is 11.2 Å². The minimum absolute atomic E-state index is 0.00529. The van der Waals surface area contributed by atoms with Gasteiger partial charge in [-0.25, -0.2) is 0 Å². The number of Topliss-reactive ketones (excluding diaryl/α,β-unsaturated/α-hetero) is 1. The zero-order chi connectivity index (χ0) is 20.8. The molecule has 30 heavy (non-hydrogen) atoms. The number of carbonyl (C=O) groups excluding carboxylic acids is 2. The Hall–Kier alpha value is -3.80. The lowest BCUT2D eigenvalue weighted by Crippen LogP contribution is -2.29. The largest absolute Gasteiger partial charge is 0.507 e. The Labute approximate surface area is 173 Å². The second kappa shape index (κ2) is 6.91. The lowest BCUT2D eigenvalue weighted by atomic mass is 9.97. The van der Waals surface area contributed by atoms with Gasteiger partial charge in [0.05, 0.1) is 11.8 Å². The van der Waals surface area contributed by atoms with E-state index < -0.39 is 17.7 Å². The first-order valence-electron chi connectivity index (χ1n) is 9.74. The van der Waals surface area contributed by atoms with Crippen molar-refractivity contribution in [3.8, 4) is 5.75 Å². The summed E-state index contributed by atoms with van der Waals surface area (Å²) in [6.45, 7) is 1.97. The van der Waals surface area contributed by atoms with Crippen LogP contribution in [0.25, 0.3) is 5.76 Å². The molecule has 2 aliphatic rings. The van der Waals surface area contributed by atoms with Gasteiger partial charge in [0.25, 0.3) is 11.7 Å². The van der Waals surface area contributed by atoms with Gasteiger partial charge in [-0.05, 0) is 55.0 Å². The quantitative estimate of drug-likeness (QED) is 0.404.